The molecule has 0 radical (unpaired) electrons. The molecule has 1 fully saturated rings. The van der Waals surface area contributed by atoms with Gasteiger partial charge in [0.15, 0.2) is 0 Å². The fraction of sp³-hybridized carbons (Fsp3) is 0.667. The molecule has 1 rings (SSSR count). The number of carbonyl (C=O) groups is 3. The Bertz CT molecular complexity index is 395. The van der Waals surface area contributed by atoms with Gasteiger partial charge in [0.25, 0.3) is 0 Å². The highest BCUT2D eigenvalue weighted by Crippen LogP contribution is 2.26. The summed E-state index contributed by atoms with van der Waals surface area (Å²) in [5.74, 6) is 0.0983. The third kappa shape index (κ3) is 5.21. The Morgan fingerprint density at radius 1 is 1.48 bits per heavy atom. The summed E-state index contributed by atoms with van der Waals surface area (Å²) >= 11 is 0. The summed E-state index contributed by atoms with van der Waals surface area (Å²) in [5, 5.41) is 2.42. The van der Waals surface area contributed by atoms with Gasteiger partial charge in [-0.05, 0) is 24.7 Å². The number of nitrogens with one attached hydrogen (secondary N) is 1. The summed E-state index contributed by atoms with van der Waals surface area (Å²) in [6.45, 7) is 8.21. The standard InChI is InChI=1S/C15H24N2O4/c1-4-5-12-6-7-17(13(12)9-18)14(19)8-16-15(20)21-10-11(2)3/h4,9,11-13H,1,5-8,10H2,2-3H3,(H,16,20)/t12-,13+/m0/s1. The van der Waals surface area contributed by atoms with Gasteiger partial charge >= 0.3 is 6.09 Å². The summed E-state index contributed by atoms with van der Waals surface area (Å²) in [4.78, 5) is 36.2. The number of amides is 2. The number of nitrogens with zero attached hydrogens (tertiary/aromatic N) is 1. The van der Waals surface area contributed by atoms with Gasteiger partial charge in [0.05, 0.1) is 12.6 Å². The minimum Gasteiger partial charge on any atom is -0.449 e. The predicted octanol–water partition coefficient (Wildman–Crippen LogP) is 1.36. The quantitative estimate of drug-likeness (QED) is 0.568. The average Bonchev–Trinajstić information content (AvgIpc) is 2.85. The summed E-state index contributed by atoms with van der Waals surface area (Å²) in [7, 11) is 0. The molecule has 0 unspecified atom stereocenters. The number of hydrogen-bond acceptors (Lipinski definition) is 4. The maximum Gasteiger partial charge on any atom is 0.407 e. The van der Waals surface area contributed by atoms with Crippen LogP contribution >= 0.6 is 0 Å². The first kappa shape index (κ1) is 17.2. The molecule has 0 aromatic rings. The van der Waals surface area contributed by atoms with Crippen molar-refractivity contribution < 1.29 is 19.1 Å². The van der Waals surface area contributed by atoms with Crippen LogP contribution in [0.3, 0.4) is 0 Å². The van der Waals surface area contributed by atoms with E-state index in [1.807, 2.05) is 13.8 Å². The molecule has 1 aliphatic rings. The van der Waals surface area contributed by atoms with Crippen molar-refractivity contribution in [3.8, 4) is 0 Å². The molecule has 2 atom stereocenters. The Hall–Kier alpha value is -1.85. The van der Waals surface area contributed by atoms with Crippen molar-refractivity contribution in [3.05, 3.63) is 12.7 Å². The largest absolute Gasteiger partial charge is 0.449 e. The van der Waals surface area contributed by atoms with E-state index in [1.54, 1.807) is 6.08 Å². The van der Waals surface area contributed by atoms with E-state index >= 15 is 0 Å². The van der Waals surface area contributed by atoms with E-state index in [1.165, 1.54) is 4.90 Å². The van der Waals surface area contributed by atoms with Gasteiger partial charge in [-0.15, -0.1) is 6.58 Å². The first-order chi connectivity index (χ1) is 9.99. The molecule has 0 aromatic heterocycles. The van der Waals surface area contributed by atoms with Crippen molar-refractivity contribution in [2.75, 3.05) is 19.7 Å². The van der Waals surface area contributed by atoms with Crippen LogP contribution in [0.15, 0.2) is 12.7 Å². The van der Waals surface area contributed by atoms with Gasteiger partial charge in [0.2, 0.25) is 5.91 Å². The zero-order valence-electron chi connectivity index (χ0n) is 12.7. The first-order valence-electron chi connectivity index (χ1n) is 7.25. The predicted molar refractivity (Wildman–Crippen MR) is 78.7 cm³/mol. The van der Waals surface area contributed by atoms with Crippen LogP contribution in [-0.4, -0.2) is 48.9 Å². The van der Waals surface area contributed by atoms with Crippen LogP contribution in [0.25, 0.3) is 0 Å². The number of ether oxygens (including phenoxy) is 1. The van der Waals surface area contributed by atoms with E-state index in [2.05, 4.69) is 11.9 Å². The Morgan fingerprint density at radius 3 is 2.76 bits per heavy atom. The average molecular weight is 296 g/mol. The van der Waals surface area contributed by atoms with Crippen molar-refractivity contribution in [3.63, 3.8) is 0 Å². The molecular weight excluding hydrogens is 272 g/mol. The molecule has 118 valence electrons. The highest BCUT2D eigenvalue weighted by atomic mass is 16.5. The highest BCUT2D eigenvalue weighted by Gasteiger charge is 2.35. The van der Waals surface area contributed by atoms with Gasteiger partial charge < -0.3 is 19.7 Å². The molecule has 1 N–H and O–H groups in total. The van der Waals surface area contributed by atoms with E-state index in [0.717, 1.165) is 12.7 Å². The smallest absolute Gasteiger partial charge is 0.407 e. The fourth-order valence-corrected chi connectivity index (χ4v) is 2.37. The number of aldehydes is 1. The lowest BCUT2D eigenvalue weighted by atomic mass is 9.98. The Morgan fingerprint density at radius 2 is 2.19 bits per heavy atom. The second-order valence-corrected chi connectivity index (χ2v) is 5.63. The van der Waals surface area contributed by atoms with E-state index < -0.39 is 12.1 Å². The van der Waals surface area contributed by atoms with Gasteiger partial charge in [0, 0.05) is 6.54 Å². The van der Waals surface area contributed by atoms with E-state index in [0.29, 0.717) is 19.6 Å². The molecule has 0 saturated carbocycles. The van der Waals surface area contributed by atoms with Crippen molar-refractivity contribution in [2.45, 2.75) is 32.7 Å². The van der Waals surface area contributed by atoms with Gasteiger partial charge in [-0.25, -0.2) is 4.79 Å². The minimum absolute atomic E-state index is 0.122. The molecule has 2 amide bonds. The Balaban J connectivity index is 2.43. The molecule has 0 aliphatic carbocycles. The zero-order chi connectivity index (χ0) is 15.8. The van der Waals surface area contributed by atoms with Crippen molar-refractivity contribution >= 4 is 18.3 Å². The van der Waals surface area contributed by atoms with Crippen LogP contribution in [0.1, 0.15) is 26.7 Å². The molecule has 0 spiro atoms. The van der Waals surface area contributed by atoms with Crippen molar-refractivity contribution in [2.24, 2.45) is 11.8 Å². The fourth-order valence-electron chi connectivity index (χ4n) is 2.37. The number of likely N-dealkylation sites (tertiary alicyclic amines) is 1. The summed E-state index contributed by atoms with van der Waals surface area (Å²) in [6.07, 6.45) is 3.43. The molecular formula is C15H24N2O4. The summed E-state index contributed by atoms with van der Waals surface area (Å²) in [6, 6.07) is -0.427. The number of alkyl carbamates (subject to hydrolysis) is 1. The lowest BCUT2D eigenvalue weighted by Crippen LogP contribution is -2.44. The molecule has 1 aliphatic heterocycles. The first-order valence-corrected chi connectivity index (χ1v) is 7.25. The maximum absolute atomic E-state index is 12.1. The third-order valence-electron chi connectivity index (χ3n) is 3.44. The molecule has 6 nitrogen and oxygen atoms in total. The van der Waals surface area contributed by atoms with Crippen LogP contribution in [0.2, 0.25) is 0 Å². The lowest BCUT2D eigenvalue weighted by Gasteiger charge is -2.23. The SMILES string of the molecule is C=CC[C@H]1CCN(C(=O)CNC(=O)OCC(C)C)[C@@H]1C=O. The monoisotopic (exact) mass is 296 g/mol. The van der Waals surface area contributed by atoms with Crippen LogP contribution < -0.4 is 5.32 Å². The van der Waals surface area contributed by atoms with Crippen molar-refractivity contribution in [1.82, 2.24) is 10.2 Å². The van der Waals surface area contributed by atoms with Crippen LogP contribution in [0.5, 0.6) is 0 Å². The van der Waals surface area contributed by atoms with Gasteiger partial charge in [-0.3, -0.25) is 4.79 Å². The lowest BCUT2D eigenvalue weighted by molar-refractivity contribution is -0.134. The van der Waals surface area contributed by atoms with Gasteiger partial charge in [0.1, 0.15) is 12.8 Å². The number of carbonyl (C=O) groups excluding carboxylic acids is 3. The molecule has 1 heterocycles. The van der Waals surface area contributed by atoms with E-state index in [-0.39, 0.29) is 24.3 Å². The van der Waals surface area contributed by atoms with Crippen molar-refractivity contribution in [1.29, 1.82) is 0 Å². The molecule has 0 aromatic carbocycles. The second-order valence-electron chi connectivity index (χ2n) is 5.63. The number of hydrogen-bond donors (Lipinski definition) is 1. The second kappa shape index (κ2) is 8.44. The third-order valence-corrected chi connectivity index (χ3v) is 3.44. The summed E-state index contributed by atoms with van der Waals surface area (Å²) in [5.41, 5.74) is 0. The topological polar surface area (TPSA) is 75.7 Å². The van der Waals surface area contributed by atoms with E-state index in [4.69, 9.17) is 4.74 Å². The number of rotatable bonds is 7. The zero-order valence-corrected chi connectivity index (χ0v) is 12.7. The number of allylic oxidation sites excluding steroid dienone is 1. The molecule has 0 bridgehead atoms. The molecule has 6 heteroatoms. The molecule has 21 heavy (non-hydrogen) atoms. The minimum atomic E-state index is -0.610. The van der Waals surface area contributed by atoms with Crippen LogP contribution in [0, 0.1) is 11.8 Å². The summed E-state index contributed by atoms with van der Waals surface area (Å²) < 4.78 is 4.93. The van der Waals surface area contributed by atoms with Gasteiger partial charge in [-0.1, -0.05) is 19.9 Å². The maximum atomic E-state index is 12.1. The molecule has 1 saturated heterocycles. The normalized spacial score (nSPS) is 21.2. The van der Waals surface area contributed by atoms with Crippen LogP contribution in [-0.2, 0) is 14.3 Å². The Kier molecular flexibility index (Phi) is 6.91. The Labute approximate surface area is 125 Å². The van der Waals surface area contributed by atoms with E-state index in [9.17, 15) is 14.4 Å². The highest BCUT2D eigenvalue weighted by molar-refractivity contribution is 5.85. The van der Waals surface area contributed by atoms with Gasteiger partial charge in [-0.2, -0.15) is 0 Å². The van der Waals surface area contributed by atoms with Crippen LogP contribution in [0.4, 0.5) is 4.79 Å².